The van der Waals surface area contributed by atoms with E-state index in [9.17, 15) is 24.2 Å². The number of aliphatic hydroxyl groups excluding tert-OH is 1. The molecule has 1 aliphatic heterocycles. The third-order valence-corrected chi connectivity index (χ3v) is 5.72. The quantitative estimate of drug-likeness (QED) is 0.370. The summed E-state index contributed by atoms with van der Waals surface area (Å²) in [6.45, 7) is 6.26. The second-order valence-corrected chi connectivity index (χ2v) is 7.46. The van der Waals surface area contributed by atoms with E-state index in [4.69, 9.17) is 4.74 Å². The van der Waals surface area contributed by atoms with Gasteiger partial charge in [0.15, 0.2) is 0 Å². The van der Waals surface area contributed by atoms with E-state index >= 15 is 0 Å². The summed E-state index contributed by atoms with van der Waals surface area (Å²) in [4.78, 5) is 29.4. The molecule has 1 unspecified atom stereocenters. The molecule has 7 nitrogen and oxygen atoms in total. The summed E-state index contributed by atoms with van der Waals surface area (Å²) >= 11 is 0. The normalized spacial score (nSPS) is 17.9. The monoisotopic (exact) mass is 442 g/mol. The number of likely N-dealkylation sites (N-methyl/N-ethyl adjacent to an activating group) is 1. The molecule has 1 aliphatic rings. The Bertz CT molecular complexity index is 1050. The Morgan fingerprint density at radius 2 is 1.88 bits per heavy atom. The fourth-order valence-electron chi connectivity index (χ4n) is 3.91. The molecule has 1 fully saturated rings. The molecule has 2 aromatic carbocycles. The topological polar surface area (TPSA) is 90.3 Å². The number of Topliss-reactive ketones (excluding diaryl/α,β-unsaturated/α-hetero) is 1. The first-order chi connectivity index (χ1) is 15.3. The third kappa shape index (κ3) is 4.45. The van der Waals surface area contributed by atoms with Gasteiger partial charge in [-0.05, 0) is 42.9 Å². The summed E-state index contributed by atoms with van der Waals surface area (Å²) < 4.78 is 19.1. The lowest BCUT2D eigenvalue weighted by atomic mass is 9.95. The van der Waals surface area contributed by atoms with Crippen molar-refractivity contribution in [3.8, 4) is 11.5 Å². The minimum Gasteiger partial charge on any atom is -0.507 e. The number of carbonyl (C=O) groups excluding carboxylic acids is 2. The molecule has 8 heteroatoms. The van der Waals surface area contributed by atoms with Gasteiger partial charge in [0.2, 0.25) is 0 Å². The molecule has 3 rings (SSSR count). The van der Waals surface area contributed by atoms with Crippen LogP contribution in [0.25, 0.3) is 5.76 Å². The molecule has 1 atom stereocenters. The molecular formula is C24H27FN2O5. The maximum absolute atomic E-state index is 14.0. The fourth-order valence-corrected chi connectivity index (χ4v) is 3.91. The van der Waals surface area contributed by atoms with E-state index < -0.39 is 29.3 Å². The van der Waals surface area contributed by atoms with Crippen LogP contribution in [-0.2, 0) is 9.59 Å². The van der Waals surface area contributed by atoms with Crippen LogP contribution in [0.3, 0.4) is 0 Å². The van der Waals surface area contributed by atoms with E-state index in [1.165, 1.54) is 48.4 Å². The number of ether oxygens (including phenoxy) is 1. The Kier molecular flexibility index (Phi) is 7.15. The van der Waals surface area contributed by atoms with Crippen molar-refractivity contribution in [3.05, 3.63) is 65.0 Å². The number of phenolic OH excluding ortho intramolecular Hbond substituents is 1. The number of carbonyl (C=O) groups is 2. The van der Waals surface area contributed by atoms with Crippen molar-refractivity contribution in [1.29, 1.82) is 0 Å². The Morgan fingerprint density at radius 1 is 1.16 bits per heavy atom. The number of hydrogen-bond donors (Lipinski definition) is 2. The highest BCUT2D eigenvalue weighted by molar-refractivity contribution is 6.46. The van der Waals surface area contributed by atoms with Gasteiger partial charge in [0, 0.05) is 19.2 Å². The van der Waals surface area contributed by atoms with Crippen molar-refractivity contribution in [3.63, 3.8) is 0 Å². The fraction of sp³-hybridized carbons (Fsp3) is 0.333. The van der Waals surface area contributed by atoms with Gasteiger partial charge in [0.1, 0.15) is 23.1 Å². The van der Waals surface area contributed by atoms with Crippen LogP contribution in [0.1, 0.15) is 31.0 Å². The second-order valence-electron chi connectivity index (χ2n) is 7.46. The molecular weight excluding hydrogens is 415 g/mol. The van der Waals surface area contributed by atoms with Crippen molar-refractivity contribution >= 4 is 17.4 Å². The number of hydrogen-bond acceptors (Lipinski definition) is 6. The van der Waals surface area contributed by atoms with Crippen molar-refractivity contribution < 1.29 is 28.9 Å². The Morgan fingerprint density at radius 3 is 2.47 bits per heavy atom. The average molecular weight is 442 g/mol. The Labute approximate surface area is 186 Å². The molecule has 0 radical (unpaired) electrons. The van der Waals surface area contributed by atoms with Crippen molar-refractivity contribution in [1.82, 2.24) is 9.80 Å². The van der Waals surface area contributed by atoms with E-state index in [1.54, 1.807) is 6.07 Å². The van der Waals surface area contributed by atoms with Gasteiger partial charge in [-0.1, -0.05) is 26.0 Å². The van der Waals surface area contributed by atoms with Gasteiger partial charge >= 0.3 is 0 Å². The van der Waals surface area contributed by atoms with Gasteiger partial charge in [-0.2, -0.15) is 0 Å². The molecule has 1 heterocycles. The van der Waals surface area contributed by atoms with Gasteiger partial charge in [-0.25, -0.2) is 4.39 Å². The van der Waals surface area contributed by atoms with Crippen molar-refractivity contribution in [2.45, 2.75) is 19.9 Å². The summed E-state index contributed by atoms with van der Waals surface area (Å²) in [6, 6.07) is 8.82. The predicted octanol–water partition coefficient (Wildman–Crippen LogP) is 3.30. The zero-order chi connectivity index (χ0) is 23.4. The van der Waals surface area contributed by atoms with E-state index in [-0.39, 0.29) is 23.4 Å². The Hall–Kier alpha value is -3.39. The first-order valence-electron chi connectivity index (χ1n) is 10.5. The maximum atomic E-state index is 14.0. The number of nitrogens with zero attached hydrogens (tertiary/aromatic N) is 2. The standard InChI is InChI=1S/C24H27FN2O5/c1-4-26(5-2)11-12-27-21(15-7-6-8-16(25)13-15)20(23(30)24(27)31)22(29)18-10-9-17(32-3)14-19(18)28/h6-10,13-14,21,28-29H,4-5,11-12H2,1-3H3/b22-20+. The van der Waals surface area contributed by atoms with Crippen LogP contribution in [0.5, 0.6) is 11.5 Å². The van der Waals surface area contributed by atoms with Crippen LogP contribution in [0.15, 0.2) is 48.0 Å². The number of rotatable bonds is 8. The number of aromatic hydroxyl groups is 1. The molecule has 170 valence electrons. The van der Waals surface area contributed by atoms with Crippen LogP contribution in [0.2, 0.25) is 0 Å². The number of likely N-dealkylation sites (tertiary alicyclic amines) is 1. The molecule has 32 heavy (non-hydrogen) atoms. The number of phenols is 1. The molecule has 1 amide bonds. The Balaban J connectivity index is 2.13. The van der Waals surface area contributed by atoms with E-state index in [1.807, 2.05) is 13.8 Å². The van der Waals surface area contributed by atoms with Gasteiger partial charge < -0.3 is 24.7 Å². The number of benzene rings is 2. The van der Waals surface area contributed by atoms with Crippen LogP contribution >= 0.6 is 0 Å². The van der Waals surface area contributed by atoms with Crippen LogP contribution in [0.4, 0.5) is 4.39 Å². The van der Waals surface area contributed by atoms with Crippen molar-refractivity contribution in [2.24, 2.45) is 0 Å². The van der Waals surface area contributed by atoms with Crippen LogP contribution in [-0.4, -0.2) is 65.0 Å². The van der Waals surface area contributed by atoms with Gasteiger partial charge in [-0.3, -0.25) is 9.59 Å². The van der Waals surface area contributed by atoms with Gasteiger partial charge in [-0.15, -0.1) is 0 Å². The van der Waals surface area contributed by atoms with E-state index in [2.05, 4.69) is 4.90 Å². The molecule has 1 saturated heterocycles. The van der Waals surface area contributed by atoms with Crippen LogP contribution in [0, 0.1) is 5.82 Å². The summed E-state index contributed by atoms with van der Waals surface area (Å²) in [7, 11) is 1.43. The summed E-state index contributed by atoms with van der Waals surface area (Å²) in [5.41, 5.74) is 0.146. The predicted molar refractivity (Wildman–Crippen MR) is 118 cm³/mol. The number of aliphatic hydroxyl groups is 1. The number of halogens is 1. The molecule has 2 aromatic rings. The average Bonchev–Trinajstić information content (AvgIpc) is 3.04. The smallest absolute Gasteiger partial charge is 0.295 e. The lowest BCUT2D eigenvalue weighted by Gasteiger charge is -2.28. The minimum atomic E-state index is -0.984. The molecule has 0 saturated carbocycles. The molecule has 2 N–H and O–H groups in total. The first-order valence-corrected chi connectivity index (χ1v) is 10.5. The highest BCUT2D eigenvalue weighted by Crippen LogP contribution is 2.41. The number of ketones is 1. The number of amides is 1. The third-order valence-electron chi connectivity index (χ3n) is 5.72. The molecule has 0 aliphatic carbocycles. The van der Waals surface area contributed by atoms with Gasteiger partial charge in [0.05, 0.1) is 24.3 Å². The highest BCUT2D eigenvalue weighted by atomic mass is 19.1. The van der Waals surface area contributed by atoms with E-state index in [0.717, 1.165) is 13.1 Å². The largest absolute Gasteiger partial charge is 0.507 e. The second kappa shape index (κ2) is 9.82. The zero-order valence-corrected chi connectivity index (χ0v) is 18.3. The molecule has 0 bridgehead atoms. The minimum absolute atomic E-state index is 0.0195. The lowest BCUT2D eigenvalue weighted by Crippen LogP contribution is -2.38. The first kappa shape index (κ1) is 23.3. The molecule has 0 aromatic heterocycles. The zero-order valence-electron chi connectivity index (χ0n) is 18.3. The summed E-state index contributed by atoms with van der Waals surface area (Å²) in [6.07, 6.45) is 0. The molecule has 0 spiro atoms. The van der Waals surface area contributed by atoms with Gasteiger partial charge in [0.25, 0.3) is 11.7 Å². The maximum Gasteiger partial charge on any atom is 0.295 e. The van der Waals surface area contributed by atoms with Crippen molar-refractivity contribution in [2.75, 3.05) is 33.3 Å². The summed E-state index contributed by atoms with van der Waals surface area (Å²) in [5.74, 6) is -2.66. The number of methoxy groups -OCH3 is 1. The van der Waals surface area contributed by atoms with Crippen LogP contribution < -0.4 is 4.74 Å². The SMILES string of the molecule is CCN(CC)CCN1C(=O)C(=O)/C(=C(/O)c2ccc(OC)cc2O)C1c1cccc(F)c1. The highest BCUT2D eigenvalue weighted by Gasteiger charge is 2.46. The summed E-state index contributed by atoms with van der Waals surface area (Å²) in [5, 5.41) is 21.4. The van der Waals surface area contributed by atoms with E-state index in [0.29, 0.717) is 17.9 Å². The lowest BCUT2D eigenvalue weighted by molar-refractivity contribution is -0.140.